The molecule has 2 aliphatic heterocycles. The second-order valence-electron chi connectivity index (χ2n) is 5.89. The first-order chi connectivity index (χ1) is 12.0. The molecule has 2 aliphatic rings. The average Bonchev–Trinajstić information content (AvgIpc) is 2.61. The van der Waals surface area contributed by atoms with Crippen LogP contribution in [0.15, 0.2) is 42.5 Å². The van der Waals surface area contributed by atoms with E-state index >= 15 is 0 Å². The number of anilines is 3. The molecule has 7 heteroatoms. The van der Waals surface area contributed by atoms with Crippen LogP contribution in [0.4, 0.5) is 17.1 Å². The largest absolute Gasteiger partial charge is 0.478 e. The lowest BCUT2D eigenvalue weighted by Gasteiger charge is -2.31. The van der Waals surface area contributed by atoms with Gasteiger partial charge in [-0.05, 0) is 31.2 Å². The molecule has 0 saturated carbocycles. The highest BCUT2D eigenvalue weighted by atomic mass is 16.5. The summed E-state index contributed by atoms with van der Waals surface area (Å²) < 4.78 is 5.64. The maximum absolute atomic E-state index is 13.1. The summed E-state index contributed by atoms with van der Waals surface area (Å²) in [5.74, 6) is -0.565. The Hall–Kier alpha value is -3.35. The third-order valence-corrected chi connectivity index (χ3v) is 4.18. The van der Waals surface area contributed by atoms with Crippen LogP contribution < -0.4 is 20.3 Å². The van der Waals surface area contributed by atoms with E-state index in [0.717, 1.165) is 0 Å². The fourth-order valence-electron chi connectivity index (χ4n) is 2.96. The van der Waals surface area contributed by atoms with Gasteiger partial charge in [-0.25, -0.2) is 0 Å². The minimum Gasteiger partial charge on any atom is -0.478 e. The van der Waals surface area contributed by atoms with Crippen molar-refractivity contribution in [3.05, 3.63) is 48.0 Å². The second-order valence-corrected chi connectivity index (χ2v) is 5.89. The summed E-state index contributed by atoms with van der Waals surface area (Å²) in [7, 11) is 0. The Bertz CT molecular complexity index is 909. The van der Waals surface area contributed by atoms with Gasteiger partial charge < -0.3 is 15.4 Å². The lowest BCUT2D eigenvalue weighted by atomic mass is 10.1. The Kier molecular flexibility index (Phi) is 3.42. The van der Waals surface area contributed by atoms with E-state index in [9.17, 15) is 14.4 Å². The number of hydrogen-bond donors (Lipinski definition) is 2. The molecule has 0 spiro atoms. The van der Waals surface area contributed by atoms with Crippen LogP contribution in [-0.4, -0.2) is 30.4 Å². The van der Waals surface area contributed by atoms with Gasteiger partial charge in [0.25, 0.3) is 11.8 Å². The molecular weight excluding hydrogens is 322 g/mol. The summed E-state index contributed by atoms with van der Waals surface area (Å²) in [4.78, 5) is 38.3. The number of nitrogens with zero attached hydrogens (tertiary/aromatic N) is 1. The molecule has 0 aliphatic carbocycles. The maximum atomic E-state index is 13.1. The Balaban J connectivity index is 1.77. The van der Waals surface area contributed by atoms with Crippen molar-refractivity contribution in [2.75, 3.05) is 22.1 Å². The van der Waals surface area contributed by atoms with Crippen molar-refractivity contribution < 1.29 is 19.1 Å². The molecule has 1 atom stereocenters. The van der Waals surface area contributed by atoms with Gasteiger partial charge in [-0.2, -0.15) is 0 Å². The van der Waals surface area contributed by atoms with Crippen LogP contribution in [0.5, 0.6) is 5.75 Å². The molecule has 2 N–H and O–H groups in total. The number of benzene rings is 2. The molecule has 0 saturated heterocycles. The van der Waals surface area contributed by atoms with Crippen molar-refractivity contribution in [1.29, 1.82) is 0 Å². The van der Waals surface area contributed by atoms with E-state index in [1.54, 1.807) is 49.4 Å². The highest BCUT2D eigenvalue weighted by molar-refractivity contribution is 6.17. The van der Waals surface area contributed by atoms with E-state index in [1.807, 2.05) is 0 Å². The average molecular weight is 337 g/mol. The summed E-state index contributed by atoms with van der Waals surface area (Å²) in [6, 6.07) is 12.1. The van der Waals surface area contributed by atoms with Gasteiger partial charge in [0.05, 0.1) is 22.6 Å². The van der Waals surface area contributed by atoms with E-state index in [4.69, 9.17) is 4.74 Å². The van der Waals surface area contributed by atoms with Gasteiger partial charge in [-0.15, -0.1) is 0 Å². The minimum atomic E-state index is -0.696. The Morgan fingerprint density at radius 1 is 1.08 bits per heavy atom. The second kappa shape index (κ2) is 5.62. The Morgan fingerprint density at radius 3 is 2.68 bits per heavy atom. The Labute approximate surface area is 143 Å². The molecule has 0 aromatic heterocycles. The summed E-state index contributed by atoms with van der Waals surface area (Å²) >= 11 is 0. The molecule has 7 nitrogen and oxygen atoms in total. The number of carbonyl (C=O) groups is 3. The normalized spacial score (nSPS) is 18.4. The fourth-order valence-corrected chi connectivity index (χ4v) is 2.96. The quantitative estimate of drug-likeness (QED) is 0.833. The van der Waals surface area contributed by atoms with Gasteiger partial charge in [0.15, 0.2) is 11.9 Å². The summed E-state index contributed by atoms with van der Waals surface area (Å²) in [5, 5.41) is 5.47. The summed E-state index contributed by atoms with van der Waals surface area (Å²) in [6.07, 6.45) is -0.696. The van der Waals surface area contributed by atoms with Crippen molar-refractivity contribution in [3.63, 3.8) is 0 Å². The van der Waals surface area contributed by atoms with E-state index in [2.05, 4.69) is 10.6 Å². The van der Waals surface area contributed by atoms with Gasteiger partial charge in [-0.1, -0.05) is 18.2 Å². The zero-order valence-corrected chi connectivity index (χ0v) is 13.4. The van der Waals surface area contributed by atoms with Crippen molar-refractivity contribution in [2.45, 2.75) is 13.0 Å². The van der Waals surface area contributed by atoms with Crippen molar-refractivity contribution in [2.24, 2.45) is 0 Å². The number of fused-ring (bicyclic) bond motifs is 2. The molecule has 0 fully saturated rings. The zero-order chi connectivity index (χ0) is 17.6. The lowest BCUT2D eigenvalue weighted by Crippen LogP contribution is -2.43. The summed E-state index contributed by atoms with van der Waals surface area (Å²) in [5.41, 5.74) is 1.95. The standard InChI is InChI=1S/C18H15N3O4/c1-10-17(23)20-13-7-4-5-11(16(13)25-10)18(24)21-9-15(22)19-12-6-2-3-8-14(12)21/h2-8,10H,9H2,1H3,(H,19,22)(H,20,23)/t10-/m1/s1. The van der Waals surface area contributed by atoms with Gasteiger partial charge >= 0.3 is 0 Å². The topological polar surface area (TPSA) is 87.7 Å². The van der Waals surface area contributed by atoms with Crippen LogP contribution in [0, 0.1) is 0 Å². The molecular formula is C18H15N3O4. The number of carbonyl (C=O) groups excluding carboxylic acids is 3. The molecule has 2 aromatic rings. The van der Waals surface area contributed by atoms with Crippen molar-refractivity contribution in [3.8, 4) is 5.75 Å². The number of nitrogens with one attached hydrogen (secondary N) is 2. The number of ether oxygens (including phenoxy) is 1. The molecule has 0 unspecified atom stereocenters. The third-order valence-electron chi connectivity index (χ3n) is 4.18. The minimum absolute atomic E-state index is 0.0819. The highest BCUT2D eigenvalue weighted by Gasteiger charge is 2.32. The van der Waals surface area contributed by atoms with Crippen LogP contribution in [0.25, 0.3) is 0 Å². The number of para-hydroxylation sites is 3. The predicted molar refractivity (Wildman–Crippen MR) is 91.9 cm³/mol. The number of rotatable bonds is 1. The first-order valence-corrected chi connectivity index (χ1v) is 7.86. The van der Waals surface area contributed by atoms with Crippen LogP contribution >= 0.6 is 0 Å². The Morgan fingerprint density at radius 2 is 1.84 bits per heavy atom. The SMILES string of the molecule is C[C@H]1Oc2c(cccc2C(=O)N2CC(=O)Nc3ccccc32)NC1=O. The van der Waals surface area contributed by atoms with Crippen LogP contribution in [-0.2, 0) is 9.59 Å². The first kappa shape index (κ1) is 15.2. The van der Waals surface area contributed by atoms with Crippen molar-refractivity contribution in [1.82, 2.24) is 0 Å². The molecule has 2 aromatic carbocycles. The van der Waals surface area contributed by atoms with E-state index < -0.39 is 6.10 Å². The van der Waals surface area contributed by atoms with Gasteiger partial charge in [0, 0.05) is 0 Å². The van der Waals surface area contributed by atoms with Gasteiger partial charge in [-0.3, -0.25) is 19.3 Å². The highest BCUT2D eigenvalue weighted by Crippen LogP contribution is 2.36. The third kappa shape index (κ3) is 2.50. The predicted octanol–water partition coefficient (Wildman–Crippen LogP) is 2.00. The van der Waals surface area contributed by atoms with E-state index in [-0.39, 0.29) is 24.3 Å². The molecule has 0 bridgehead atoms. The fraction of sp³-hybridized carbons (Fsp3) is 0.167. The zero-order valence-electron chi connectivity index (χ0n) is 13.4. The number of amides is 3. The monoisotopic (exact) mass is 337 g/mol. The van der Waals surface area contributed by atoms with Crippen LogP contribution in [0.2, 0.25) is 0 Å². The van der Waals surface area contributed by atoms with Crippen molar-refractivity contribution >= 4 is 34.8 Å². The summed E-state index contributed by atoms with van der Waals surface area (Å²) in [6.45, 7) is 1.53. The molecule has 2 heterocycles. The van der Waals surface area contributed by atoms with Gasteiger partial charge in [0.2, 0.25) is 5.91 Å². The van der Waals surface area contributed by atoms with E-state index in [1.165, 1.54) is 4.90 Å². The van der Waals surface area contributed by atoms with Gasteiger partial charge in [0.1, 0.15) is 6.54 Å². The van der Waals surface area contributed by atoms with E-state index in [0.29, 0.717) is 28.4 Å². The molecule has 25 heavy (non-hydrogen) atoms. The number of hydrogen-bond acceptors (Lipinski definition) is 4. The molecule has 0 radical (unpaired) electrons. The maximum Gasteiger partial charge on any atom is 0.265 e. The lowest BCUT2D eigenvalue weighted by molar-refractivity contribution is -0.122. The smallest absolute Gasteiger partial charge is 0.265 e. The van der Waals surface area contributed by atoms with Crippen LogP contribution in [0.3, 0.4) is 0 Å². The molecule has 126 valence electrons. The first-order valence-electron chi connectivity index (χ1n) is 7.86. The molecule has 4 rings (SSSR count). The van der Waals surface area contributed by atoms with Crippen LogP contribution in [0.1, 0.15) is 17.3 Å². The molecule has 3 amide bonds.